The number of aromatic nitrogens is 2. The van der Waals surface area contributed by atoms with Gasteiger partial charge in [-0.05, 0) is 44.0 Å². The number of anilines is 1. The SMILES string of the molecule is CCn1cc2c(n1)-c1c(oc(C(=O)Nc3ccc(Cl)cc3C(=O)c3ccccc3)c1C)CC2. The van der Waals surface area contributed by atoms with E-state index in [1.54, 1.807) is 42.5 Å². The van der Waals surface area contributed by atoms with Gasteiger partial charge in [0.1, 0.15) is 5.76 Å². The van der Waals surface area contributed by atoms with Gasteiger partial charge in [0.2, 0.25) is 0 Å². The number of benzene rings is 2. The highest BCUT2D eigenvalue weighted by Gasteiger charge is 2.30. The molecule has 166 valence electrons. The minimum absolute atomic E-state index is 0.224. The van der Waals surface area contributed by atoms with Crippen molar-refractivity contribution in [1.82, 2.24) is 9.78 Å². The number of fused-ring (bicyclic) bond motifs is 3. The number of ketones is 1. The van der Waals surface area contributed by atoms with E-state index >= 15 is 0 Å². The molecule has 1 aliphatic rings. The molecule has 0 unspecified atom stereocenters. The number of nitrogens with zero attached hydrogens (tertiary/aromatic N) is 2. The second kappa shape index (κ2) is 8.37. The molecular formula is C26H22ClN3O3. The van der Waals surface area contributed by atoms with Crippen molar-refractivity contribution in [1.29, 1.82) is 0 Å². The Morgan fingerprint density at radius 1 is 1.15 bits per heavy atom. The van der Waals surface area contributed by atoms with Crippen molar-refractivity contribution in [3.63, 3.8) is 0 Å². The molecule has 4 aromatic rings. The highest BCUT2D eigenvalue weighted by Crippen LogP contribution is 2.38. The van der Waals surface area contributed by atoms with Crippen molar-refractivity contribution in [3.8, 4) is 11.3 Å². The molecule has 7 heteroatoms. The van der Waals surface area contributed by atoms with E-state index in [1.807, 2.05) is 24.6 Å². The van der Waals surface area contributed by atoms with E-state index in [-0.39, 0.29) is 11.5 Å². The van der Waals surface area contributed by atoms with Crippen LogP contribution in [-0.2, 0) is 19.4 Å². The Bertz CT molecular complexity index is 1390. The Kier molecular flexibility index (Phi) is 5.38. The average Bonchev–Trinajstić information content (AvgIpc) is 3.40. The van der Waals surface area contributed by atoms with Gasteiger partial charge in [-0.3, -0.25) is 14.3 Å². The number of hydrogen-bond acceptors (Lipinski definition) is 4. The molecule has 0 saturated carbocycles. The van der Waals surface area contributed by atoms with E-state index in [0.717, 1.165) is 41.1 Å². The molecular weight excluding hydrogens is 438 g/mol. The van der Waals surface area contributed by atoms with E-state index in [1.165, 1.54) is 0 Å². The van der Waals surface area contributed by atoms with Gasteiger partial charge in [-0.15, -0.1) is 0 Å². The molecule has 33 heavy (non-hydrogen) atoms. The summed E-state index contributed by atoms with van der Waals surface area (Å²) in [5, 5.41) is 7.94. The molecule has 2 aromatic carbocycles. The summed E-state index contributed by atoms with van der Waals surface area (Å²) in [6, 6.07) is 13.7. The van der Waals surface area contributed by atoms with Crippen LogP contribution in [0.5, 0.6) is 0 Å². The summed E-state index contributed by atoms with van der Waals surface area (Å²) in [6.07, 6.45) is 3.59. The Morgan fingerprint density at radius 3 is 2.70 bits per heavy atom. The number of furan rings is 1. The second-order valence-electron chi connectivity index (χ2n) is 8.05. The Hall–Kier alpha value is -3.64. The highest BCUT2D eigenvalue weighted by molar-refractivity contribution is 6.31. The van der Waals surface area contributed by atoms with Crippen LogP contribution in [0.15, 0.2) is 59.1 Å². The highest BCUT2D eigenvalue weighted by atomic mass is 35.5. The van der Waals surface area contributed by atoms with E-state index < -0.39 is 5.91 Å². The second-order valence-corrected chi connectivity index (χ2v) is 8.49. The fourth-order valence-corrected chi connectivity index (χ4v) is 4.45. The van der Waals surface area contributed by atoms with Crippen LogP contribution in [0.25, 0.3) is 11.3 Å². The first-order chi connectivity index (χ1) is 16.0. The number of halogens is 1. The minimum atomic E-state index is -0.414. The average molecular weight is 460 g/mol. The zero-order valence-electron chi connectivity index (χ0n) is 18.3. The summed E-state index contributed by atoms with van der Waals surface area (Å²) in [7, 11) is 0. The zero-order valence-corrected chi connectivity index (χ0v) is 19.1. The number of hydrogen-bond donors (Lipinski definition) is 1. The lowest BCUT2D eigenvalue weighted by Crippen LogP contribution is -2.15. The minimum Gasteiger partial charge on any atom is -0.455 e. The van der Waals surface area contributed by atoms with Crippen molar-refractivity contribution in [2.45, 2.75) is 33.2 Å². The molecule has 0 fully saturated rings. The number of amides is 1. The molecule has 0 radical (unpaired) electrons. The van der Waals surface area contributed by atoms with Gasteiger partial charge in [-0.1, -0.05) is 41.9 Å². The lowest BCUT2D eigenvalue weighted by atomic mass is 9.93. The Morgan fingerprint density at radius 2 is 1.94 bits per heavy atom. The van der Waals surface area contributed by atoms with Crippen LogP contribution >= 0.6 is 11.6 Å². The number of carbonyl (C=O) groups excluding carboxylic acids is 2. The Labute approximate surface area is 196 Å². The van der Waals surface area contributed by atoms with Crippen molar-refractivity contribution >= 4 is 29.0 Å². The zero-order chi connectivity index (χ0) is 23.1. The molecule has 1 aliphatic carbocycles. The fourth-order valence-electron chi connectivity index (χ4n) is 4.28. The van der Waals surface area contributed by atoms with Gasteiger partial charge < -0.3 is 9.73 Å². The lowest BCUT2D eigenvalue weighted by molar-refractivity contribution is 0.0994. The van der Waals surface area contributed by atoms with Crippen LogP contribution in [0, 0.1) is 6.92 Å². The maximum atomic E-state index is 13.2. The van der Waals surface area contributed by atoms with Gasteiger partial charge in [0, 0.05) is 46.4 Å². The van der Waals surface area contributed by atoms with Crippen LogP contribution in [0.2, 0.25) is 5.02 Å². The quantitative estimate of drug-likeness (QED) is 0.388. The summed E-state index contributed by atoms with van der Waals surface area (Å²) in [4.78, 5) is 26.3. The summed E-state index contributed by atoms with van der Waals surface area (Å²) < 4.78 is 7.91. The van der Waals surface area contributed by atoms with Gasteiger partial charge in [0.25, 0.3) is 5.91 Å². The van der Waals surface area contributed by atoms with E-state index in [4.69, 9.17) is 16.0 Å². The smallest absolute Gasteiger partial charge is 0.291 e. The first-order valence-corrected chi connectivity index (χ1v) is 11.2. The third-order valence-electron chi connectivity index (χ3n) is 5.96. The van der Waals surface area contributed by atoms with Gasteiger partial charge >= 0.3 is 0 Å². The van der Waals surface area contributed by atoms with Crippen molar-refractivity contribution < 1.29 is 14.0 Å². The predicted octanol–water partition coefficient (Wildman–Crippen LogP) is 5.71. The number of rotatable bonds is 5. The molecule has 0 aliphatic heterocycles. The van der Waals surface area contributed by atoms with Crippen molar-refractivity contribution in [2.75, 3.05) is 5.32 Å². The summed E-state index contributed by atoms with van der Waals surface area (Å²) in [5.74, 6) is 0.358. The molecule has 0 atom stereocenters. The van der Waals surface area contributed by atoms with E-state index in [9.17, 15) is 9.59 Å². The molecule has 6 nitrogen and oxygen atoms in total. The van der Waals surface area contributed by atoms with Gasteiger partial charge in [0.15, 0.2) is 11.5 Å². The third kappa shape index (κ3) is 3.76. The van der Waals surface area contributed by atoms with Gasteiger partial charge in [-0.2, -0.15) is 5.10 Å². The molecule has 0 bridgehead atoms. The first-order valence-electron chi connectivity index (χ1n) is 10.9. The topological polar surface area (TPSA) is 77.1 Å². The summed E-state index contributed by atoms with van der Waals surface area (Å²) in [6.45, 7) is 4.69. The first kappa shape index (κ1) is 21.2. The molecule has 0 saturated heterocycles. The molecule has 0 spiro atoms. The Balaban J connectivity index is 1.49. The van der Waals surface area contributed by atoms with Crippen molar-refractivity contribution in [3.05, 3.63) is 93.5 Å². The predicted molar refractivity (Wildman–Crippen MR) is 127 cm³/mol. The van der Waals surface area contributed by atoms with Crippen LogP contribution in [0.4, 0.5) is 5.69 Å². The van der Waals surface area contributed by atoms with Gasteiger partial charge in [-0.25, -0.2) is 0 Å². The molecule has 1 amide bonds. The number of carbonyl (C=O) groups is 2. The number of aryl methyl sites for hydroxylation is 3. The van der Waals surface area contributed by atoms with E-state index in [0.29, 0.717) is 28.3 Å². The normalized spacial score (nSPS) is 12.2. The summed E-state index contributed by atoms with van der Waals surface area (Å²) in [5.41, 5.74) is 4.89. The van der Waals surface area contributed by atoms with E-state index in [2.05, 4.69) is 16.6 Å². The standard InChI is InChI=1S/C26H22ClN3O3/c1-3-30-14-17-9-12-21-22(23(17)29-30)15(2)25(33-21)26(32)28-20-11-10-18(27)13-19(20)24(31)16-7-5-4-6-8-16/h4-8,10-11,13-14H,3,9,12H2,1-2H3,(H,28,32). The van der Waals surface area contributed by atoms with Crippen LogP contribution in [0.3, 0.4) is 0 Å². The fraction of sp³-hybridized carbons (Fsp3) is 0.192. The van der Waals surface area contributed by atoms with Crippen LogP contribution in [-0.4, -0.2) is 21.5 Å². The molecule has 2 aromatic heterocycles. The monoisotopic (exact) mass is 459 g/mol. The largest absolute Gasteiger partial charge is 0.455 e. The molecule has 1 N–H and O–H groups in total. The third-order valence-corrected chi connectivity index (χ3v) is 6.19. The summed E-state index contributed by atoms with van der Waals surface area (Å²) >= 11 is 6.17. The maximum absolute atomic E-state index is 13.2. The van der Waals surface area contributed by atoms with Crippen LogP contribution in [0.1, 0.15) is 50.3 Å². The van der Waals surface area contributed by atoms with Crippen molar-refractivity contribution in [2.24, 2.45) is 0 Å². The lowest BCUT2D eigenvalue weighted by Gasteiger charge is -2.11. The molecule has 2 heterocycles. The number of nitrogens with one attached hydrogen (secondary N) is 1. The molecule has 5 rings (SSSR count). The van der Waals surface area contributed by atoms with Crippen LogP contribution < -0.4 is 5.32 Å². The maximum Gasteiger partial charge on any atom is 0.291 e. The van der Waals surface area contributed by atoms with Gasteiger partial charge in [0.05, 0.1) is 11.4 Å².